The van der Waals surface area contributed by atoms with Gasteiger partial charge in [0.15, 0.2) is 0 Å². The van der Waals surface area contributed by atoms with E-state index in [9.17, 15) is 9.36 Å². The highest BCUT2D eigenvalue weighted by Crippen LogP contribution is 2.51. The molecule has 0 fully saturated rings. The van der Waals surface area contributed by atoms with Gasteiger partial charge in [-0.05, 0) is 20.8 Å². The number of carbonyl (C=O) groups excluding carboxylic acids is 1. The van der Waals surface area contributed by atoms with Crippen molar-refractivity contribution in [3.8, 4) is 0 Å². The van der Waals surface area contributed by atoms with E-state index in [0.717, 1.165) is 0 Å². The monoisotopic (exact) mass is 286 g/mol. The predicted octanol–water partition coefficient (Wildman–Crippen LogP) is 1.28. The smallest absolute Gasteiger partial charge is 0.341 e. The van der Waals surface area contributed by atoms with Crippen molar-refractivity contribution in [1.29, 1.82) is 0 Å². The molecule has 0 saturated carbocycles. The summed E-state index contributed by atoms with van der Waals surface area (Å²) >= 11 is 5.45. The third-order valence-corrected chi connectivity index (χ3v) is 4.59. The molecule has 0 saturated heterocycles. The van der Waals surface area contributed by atoms with Crippen molar-refractivity contribution in [3.63, 3.8) is 0 Å². The molecule has 0 aliphatic rings. The molecule has 0 spiro atoms. The molecule has 3 N–H and O–H groups in total. The average molecular weight is 287 g/mol. The van der Waals surface area contributed by atoms with Gasteiger partial charge in [-0.15, -0.1) is 11.6 Å². The van der Waals surface area contributed by atoms with Crippen LogP contribution < -0.4 is 11.1 Å². The minimum atomic E-state index is -3.35. The summed E-state index contributed by atoms with van der Waals surface area (Å²) in [6, 6.07) is -0.837. The van der Waals surface area contributed by atoms with Gasteiger partial charge in [0.1, 0.15) is 5.78 Å². The first-order valence-corrected chi connectivity index (χ1v) is 7.56. The third kappa shape index (κ3) is 5.36. The minimum absolute atomic E-state index is 0.00781. The van der Waals surface area contributed by atoms with E-state index in [1.165, 1.54) is 0 Å². The van der Waals surface area contributed by atoms with Crippen LogP contribution in [-0.2, 0) is 18.4 Å². The third-order valence-electron chi connectivity index (χ3n) is 1.95. The molecular formula is C9H20ClN2O4P. The van der Waals surface area contributed by atoms with Gasteiger partial charge in [-0.2, -0.15) is 0 Å². The standard InChI is InChI=1S/C9H20ClN2O4P/c1-4-15-17(14,16-5-2)7(3)12-9(13)8(11)6-10/h7-8H,4-6,11H2,1-3H3,(H,12,13). The number of nitrogens with one attached hydrogen (secondary N) is 1. The zero-order valence-corrected chi connectivity index (χ0v) is 12.0. The molecule has 102 valence electrons. The van der Waals surface area contributed by atoms with Crippen molar-refractivity contribution in [1.82, 2.24) is 5.32 Å². The highest BCUT2D eigenvalue weighted by molar-refractivity contribution is 7.54. The lowest BCUT2D eigenvalue weighted by molar-refractivity contribution is -0.122. The molecule has 2 atom stereocenters. The summed E-state index contributed by atoms with van der Waals surface area (Å²) in [6.07, 6.45) is 0. The van der Waals surface area contributed by atoms with Crippen LogP contribution in [0.3, 0.4) is 0 Å². The van der Waals surface area contributed by atoms with E-state index in [2.05, 4.69) is 5.32 Å². The van der Waals surface area contributed by atoms with E-state index < -0.39 is 25.3 Å². The Hall–Kier alpha value is -0.130. The number of nitrogens with two attached hydrogens (primary N) is 1. The number of carbonyl (C=O) groups is 1. The number of halogens is 1. The van der Waals surface area contributed by atoms with Crippen LogP contribution in [0.15, 0.2) is 0 Å². The van der Waals surface area contributed by atoms with Gasteiger partial charge in [0, 0.05) is 5.88 Å². The Balaban J connectivity index is 4.58. The van der Waals surface area contributed by atoms with Crippen molar-refractivity contribution in [2.75, 3.05) is 19.1 Å². The fourth-order valence-corrected chi connectivity index (χ4v) is 2.75. The molecule has 0 heterocycles. The summed E-state index contributed by atoms with van der Waals surface area (Å²) in [6.45, 7) is 5.42. The summed E-state index contributed by atoms with van der Waals surface area (Å²) < 4.78 is 22.4. The molecule has 0 aromatic heterocycles. The van der Waals surface area contributed by atoms with E-state index >= 15 is 0 Å². The lowest BCUT2D eigenvalue weighted by Gasteiger charge is -2.24. The molecule has 0 aromatic carbocycles. The van der Waals surface area contributed by atoms with E-state index in [1.807, 2.05) is 0 Å². The zero-order valence-electron chi connectivity index (χ0n) is 10.3. The molecule has 0 aromatic rings. The Labute approximate surface area is 107 Å². The average Bonchev–Trinajstić information content (AvgIpc) is 2.28. The Morgan fingerprint density at radius 1 is 1.41 bits per heavy atom. The van der Waals surface area contributed by atoms with Gasteiger partial charge in [-0.1, -0.05) is 0 Å². The van der Waals surface area contributed by atoms with Crippen molar-refractivity contribution < 1.29 is 18.4 Å². The molecule has 6 nitrogen and oxygen atoms in total. The van der Waals surface area contributed by atoms with Crippen LogP contribution in [-0.4, -0.2) is 36.8 Å². The summed E-state index contributed by atoms with van der Waals surface area (Å²) in [4.78, 5) is 11.5. The van der Waals surface area contributed by atoms with Crippen LogP contribution in [0, 0.1) is 0 Å². The summed E-state index contributed by atoms with van der Waals surface area (Å²) in [5.41, 5.74) is 5.44. The molecule has 0 radical (unpaired) electrons. The van der Waals surface area contributed by atoms with E-state index in [1.54, 1.807) is 20.8 Å². The molecule has 17 heavy (non-hydrogen) atoms. The maximum absolute atomic E-state index is 12.2. The topological polar surface area (TPSA) is 90.6 Å². The van der Waals surface area contributed by atoms with Gasteiger partial charge in [0.25, 0.3) is 0 Å². The lowest BCUT2D eigenvalue weighted by atomic mass is 10.3. The van der Waals surface area contributed by atoms with E-state index in [-0.39, 0.29) is 19.1 Å². The largest absolute Gasteiger partial charge is 0.352 e. The SMILES string of the molecule is CCOP(=O)(OCC)C(C)NC(=O)C(N)CCl. The Kier molecular flexibility index (Phi) is 8.00. The first-order valence-electron chi connectivity index (χ1n) is 5.42. The number of hydrogen-bond donors (Lipinski definition) is 2. The van der Waals surface area contributed by atoms with Gasteiger partial charge in [-0.25, -0.2) is 0 Å². The highest BCUT2D eigenvalue weighted by atomic mass is 35.5. The molecule has 0 bridgehead atoms. The maximum Gasteiger partial charge on any atom is 0.352 e. The summed E-state index contributed by atoms with van der Waals surface area (Å²) in [5, 5.41) is 2.48. The number of amides is 1. The van der Waals surface area contributed by atoms with Crippen molar-refractivity contribution in [3.05, 3.63) is 0 Å². The van der Waals surface area contributed by atoms with Gasteiger partial charge < -0.3 is 20.1 Å². The number of rotatable bonds is 8. The van der Waals surface area contributed by atoms with Crippen molar-refractivity contribution >= 4 is 25.1 Å². The molecule has 1 amide bonds. The second-order valence-corrected chi connectivity index (χ2v) is 6.00. The van der Waals surface area contributed by atoms with Crippen molar-refractivity contribution in [2.24, 2.45) is 5.73 Å². The summed E-state index contributed by atoms with van der Waals surface area (Å²) in [5.74, 6) is -1.25. The normalized spacial score (nSPS) is 15.4. The van der Waals surface area contributed by atoms with E-state index in [0.29, 0.717) is 0 Å². The second kappa shape index (κ2) is 8.06. The van der Waals surface area contributed by atoms with Crippen LogP contribution in [0.1, 0.15) is 20.8 Å². The van der Waals surface area contributed by atoms with Crippen LogP contribution in [0.25, 0.3) is 0 Å². The molecule has 0 aliphatic heterocycles. The summed E-state index contributed by atoms with van der Waals surface area (Å²) in [7, 11) is -3.35. The molecule has 8 heteroatoms. The van der Waals surface area contributed by atoms with Crippen LogP contribution in [0.2, 0.25) is 0 Å². The first kappa shape index (κ1) is 16.9. The van der Waals surface area contributed by atoms with Crippen LogP contribution in [0.4, 0.5) is 0 Å². The molecule has 0 rings (SSSR count). The fraction of sp³-hybridized carbons (Fsp3) is 0.889. The molecule has 2 unspecified atom stereocenters. The Morgan fingerprint density at radius 3 is 2.24 bits per heavy atom. The highest BCUT2D eigenvalue weighted by Gasteiger charge is 2.33. The first-order chi connectivity index (χ1) is 7.91. The van der Waals surface area contributed by atoms with Crippen molar-refractivity contribution in [2.45, 2.75) is 32.6 Å². The number of hydrogen-bond acceptors (Lipinski definition) is 5. The minimum Gasteiger partial charge on any atom is -0.341 e. The molecule has 0 aliphatic carbocycles. The quantitative estimate of drug-likeness (QED) is 0.518. The van der Waals surface area contributed by atoms with Crippen LogP contribution >= 0.6 is 19.2 Å². The van der Waals surface area contributed by atoms with Gasteiger partial charge in [0.05, 0.1) is 19.3 Å². The van der Waals surface area contributed by atoms with Gasteiger partial charge in [0.2, 0.25) is 5.91 Å². The van der Waals surface area contributed by atoms with Gasteiger partial charge in [-0.3, -0.25) is 9.36 Å². The Morgan fingerprint density at radius 2 is 1.88 bits per heavy atom. The second-order valence-electron chi connectivity index (χ2n) is 3.32. The molecular weight excluding hydrogens is 267 g/mol. The van der Waals surface area contributed by atoms with E-state index in [4.69, 9.17) is 26.4 Å². The predicted molar refractivity (Wildman–Crippen MR) is 67.2 cm³/mol. The lowest BCUT2D eigenvalue weighted by Crippen LogP contribution is -2.45. The Bertz CT molecular complexity index is 280. The van der Waals surface area contributed by atoms with Crippen LogP contribution in [0.5, 0.6) is 0 Å². The van der Waals surface area contributed by atoms with Gasteiger partial charge >= 0.3 is 7.60 Å². The zero-order chi connectivity index (χ0) is 13.5. The number of alkyl halides is 1. The fourth-order valence-electron chi connectivity index (χ4n) is 1.08. The maximum atomic E-state index is 12.2.